The number of nitrogens with one attached hydrogen (secondary N) is 1. The summed E-state index contributed by atoms with van der Waals surface area (Å²) < 4.78 is 34.7. The summed E-state index contributed by atoms with van der Waals surface area (Å²) in [5, 5.41) is 3.31. The van der Waals surface area contributed by atoms with Crippen LogP contribution in [0.4, 0.5) is 14.5 Å². The van der Waals surface area contributed by atoms with Crippen molar-refractivity contribution in [1.82, 2.24) is 0 Å². The molecule has 1 fully saturated rings. The minimum atomic E-state index is -2.85. The van der Waals surface area contributed by atoms with Gasteiger partial charge in [0.1, 0.15) is 11.5 Å². The van der Waals surface area contributed by atoms with Crippen molar-refractivity contribution in [2.24, 2.45) is 11.7 Å². The van der Waals surface area contributed by atoms with E-state index in [1.807, 2.05) is 0 Å². The lowest BCUT2D eigenvalue weighted by Crippen LogP contribution is -2.36. The number of methoxy groups -OCH3 is 1. The van der Waals surface area contributed by atoms with Gasteiger partial charge in [0.15, 0.2) is 0 Å². The second kappa shape index (κ2) is 7.45. The van der Waals surface area contributed by atoms with Crippen LogP contribution in [-0.2, 0) is 0 Å². The Morgan fingerprint density at radius 3 is 2.76 bits per heavy atom. The average Bonchev–Trinajstić information content (AvgIpc) is 2.49. The summed E-state index contributed by atoms with van der Waals surface area (Å²) in [5.41, 5.74) is 6.33. The standard InChI is InChI=1S/C15H22F2N2O2/c1-20-11-6-7-14(21-15(16)17)13(8-11)19-12-5-3-2-4-10(12)9-18/h6-8,10,12,15,19H,2-5,9,18H2,1H3. The van der Waals surface area contributed by atoms with E-state index in [2.05, 4.69) is 10.1 Å². The molecule has 0 radical (unpaired) electrons. The van der Waals surface area contributed by atoms with E-state index >= 15 is 0 Å². The normalized spacial score (nSPS) is 22.1. The maximum atomic E-state index is 12.5. The smallest absolute Gasteiger partial charge is 0.387 e. The van der Waals surface area contributed by atoms with E-state index in [0.717, 1.165) is 19.3 Å². The molecule has 1 aliphatic carbocycles. The molecule has 0 spiro atoms. The second-order valence-electron chi connectivity index (χ2n) is 5.27. The lowest BCUT2D eigenvalue weighted by molar-refractivity contribution is -0.0494. The third-order valence-corrected chi connectivity index (χ3v) is 3.96. The lowest BCUT2D eigenvalue weighted by atomic mass is 9.84. The van der Waals surface area contributed by atoms with Gasteiger partial charge in [-0.3, -0.25) is 0 Å². The number of halogens is 2. The molecule has 1 aromatic rings. The molecular formula is C15H22F2N2O2. The van der Waals surface area contributed by atoms with E-state index < -0.39 is 6.61 Å². The third-order valence-electron chi connectivity index (χ3n) is 3.96. The summed E-state index contributed by atoms with van der Waals surface area (Å²) in [6, 6.07) is 4.95. The Bertz CT molecular complexity index is 457. The fraction of sp³-hybridized carbons (Fsp3) is 0.600. The SMILES string of the molecule is COc1ccc(OC(F)F)c(NC2CCCCC2CN)c1. The zero-order chi connectivity index (χ0) is 15.2. The highest BCUT2D eigenvalue weighted by Gasteiger charge is 2.25. The van der Waals surface area contributed by atoms with Crippen molar-refractivity contribution in [2.75, 3.05) is 19.0 Å². The molecule has 1 saturated carbocycles. The van der Waals surface area contributed by atoms with Crippen molar-refractivity contribution in [1.29, 1.82) is 0 Å². The van der Waals surface area contributed by atoms with E-state index in [0.29, 0.717) is 23.9 Å². The number of ether oxygens (including phenoxy) is 2. The summed E-state index contributed by atoms with van der Waals surface area (Å²) in [5.74, 6) is 1.08. The molecule has 118 valence electrons. The molecule has 0 saturated heterocycles. The Labute approximate surface area is 123 Å². The topological polar surface area (TPSA) is 56.5 Å². The fourth-order valence-corrected chi connectivity index (χ4v) is 2.83. The molecule has 2 rings (SSSR count). The van der Waals surface area contributed by atoms with Crippen LogP contribution in [0.15, 0.2) is 18.2 Å². The first-order valence-electron chi connectivity index (χ1n) is 7.23. The number of alkyl halides is 2. The Kier molecular flexibility index (Phi) is 5.61. The first-order chi connectivity index (χ1) is 10.1. The quantitative estimate of drug-likeness (QED) is 0.847. The number of nitrogens with two attached hydrogens (primary N) is 1. The molecule has 0 amide bonds. The van der Waals surface area contributed by atoms with Crippen LogP contribution in [0.25, 0.3) is 0 Å². The summed E-state index contributed by atoms with van der Waals surface area (Å²) in [6.07, 6.45) is 4.32. The van der Waals surface area contributed by atoms with Crippen molar-refractivity contribution in [3.63, 3.8) is 0 Å². The highest BCUT2D eigenvalue weighted by molar-refractivity contribution is 5.60. The Morgan fingerprint density at radius 1 is 1.33 bits per heavy atom. The van der Waals surface area contributed by atoms with Crippen LogP contribution < -0.4 is 20.5 Å². The molecule has 2 atom stereocenters. The largest absolute Gasteiger partial charge is 0.497 e. The van der Waals surface area contributed by atoms with E-state index in [9.17, 15) is 8.78 Å². The molecule has 2 unspecified atom stereocenters. The minimum absolute atomic E-state index is 0.132. The molecule has 0 aromatic heterocycles. The molecule has 3 N–H and O–H groups in total. The minimum Gasteiger partial charge on any atom is -0.497 e. The first kappa shape index (κ1) is 15.8. The average molecular weight is 300 g/mol. The molecule has 4 nitrogen and oxygen atoms in total. The summed E-state index contributed by atoms with van der Waals surface area (Å²) in [6.45, 7) is -2.26. The zero-order valence-electron chi connectivity index (χ0n) is 12.1. The lowest BCUT2D eigenvalue weighted by Gasteiger charge is -2.32. The molecule has 1 aliphatic rings. The van der Waals surface area contributed by atoms with E-state index in [4.69, 9.17) is 10.5 Å². The Morgan fingerprint density at radius 2 is 2.10 bits per heavy atom. The molecule has 0 bridgehead atoms. The molecule has 0 heterocycles. The van der Waals surface area contributed by atoms with Crippen LogP contribution in [0.5, 0.6) is 11.5 Å². The molecule has 0 aliphatic heterocycles. The van der Waals surface area contributed by atoms with Gasteiger partial charge in [-0.05, 0) is 37.4 Å². The van der Waals surface area contributed by atoms with Crippen molar-refractivity contribution in [3.8, 4) is 11.5 Å². The number of benzene rings is 1. The van der Waals surface area contributed by atoms with E-state index in [-0.39, 0.29) is 11.8 Å². The van der Waals surface area contributed by atoms with Gasteiger partial charge in [-0.25, -0.2) is 0 Å². The van der Waals surface area contributed by atoms with Crippen molar-refractivity contribution in [3.05, 3.63) is 18.2 Å². The van der Waals surface area contributed by atoms with Gasteiger partial charge in [0.05, 0.1) is 12.8 Å². The van der Waals surface area contributed by atoms with Crippen LogP contribution in [0.1, 0.15) is 25.7 Å². The number of anilines is 1. The van der Waals surface area contributed by atoms with Gasteiger partial charge < -0.3 is 20.5 Å². The highest BCUT2D eigenvalue weighted by Crippen LogP contribution is 2.34. The van der Waals surface area contributed by atoms with Gasteiger partial charge >= 0.3 is 6.61 Å². The third kappa shape index (κ3) is 4.20. The van der Waals surface area contributed by atoms with Crippen LogP contribution in [0.3, 0.4) is 0 Å². The van der Waals surface area contributed by atoms with Crippen LogP contribution in [0.2, 0.25) is 0 Å². The monoisotopic (exact) mass is 300 g/mol. The van der Waals surface area contributed by atoms with Crippen molar-refractivity contribution >= 4 is 5.69 Å². The van der Waals surface area contributed by atoms with Gasteiger partial charge in [-0.2, -0.15) is 8.78 Å². The van der Waals surface area contributed by atoms with E-state index in [1.165, 1.54) is 19.6 Å². The Balaban J connectivity index is 2.19. The summed E-state index contributed by atoms with van der Waals surface area (Å²) >= 11 is 0. The van der Waals surface area contributed by atoms with Crippen LogP contribution >= 0.6 is 0 Å². The highest BCUT2D eigenvalue weighted by atomic mass is 19.3. The number of hydrogen-bond donors (Lipinski definition) is 2. The molecular weight excluding hydrogens is 278 g/mol. The van der Waals surface area contributed by atoms with Gasteiger partial charge in [0.2, 0.25) is 0 Å². The first-order valence-corrected chi connectivity index (χ1v) is 7.23. The van der Waals surface area contributed by atoms with E-state index in [1.54, 1.807) is 12.1 Å². The van der Waals surface area contributed by atoms with Gasteiger partial charge in [0.25, 0.3) is 0 Å². The van der Waals surface area contributed by atoms with Crippen molar-refractivity contribution < 1.29 is 18.3 Å². The zero-order valence-corrected chi connectivity index (χ0v) is 12.1. The van der Waals surface area contributed by atoms with Gasteiger partial charge in [0, 0.05) is 12.1 Å². The van der Waals surface area contributed by atoms with Crippen LogP contribution in [-0.4, -0.2) is 26.3 Å². The summed E-state index contributed by atoms with van der Waals surface area (Å²) in [4.78, 5) is 0. The fourth-order valence-electron chi connectivity index (χ4n) is 2.83. The number of rotatable bonds is 6. The predicted octanol–water partition coefficient (Wildman–Crippen LogP) is 3.23. The Hall–Kier alpha value is -1.56. The molecule has 1 aromatic carbocycles. The number of hydrogen-bond acceptors (Lipinski definition) is 4. The maximum Gasteiger partial charge on any atom is 0.387 e. The predicted molar refractivity (Wildman–Crippen MR) is 78.0 cm³/mol. The summed E-state index contributed by atoms with van der Waals surface area (Å²) in [7, 11) is 1.54. The van der Waals surface area contributed by atoms with Gasteiger partial charge in [-0.15, -0.1) is 0 Å². The van der Waals surface area contributed by atoms with Crippen molar-refractivity contribution in [2.45, 2.75) is 38.3 Å². The van der Waals surface area contributed by atoms with Crippen LogP contribution in [0, 0.1) is 5.92 Å². The maximum absolute atomic E-state index is 12.5. The second-order valence-corrected chi connectivity index (χ2v) is 5.27. The molecule has 6 heteroatoms. The van der Waals surface area contributed by atoms with Gasteiger partial charge in [-0.1, -0.05) is 12.8 Å². The molecule has 21 heavy (non-hydrogen) atoms.